The molecule has 0 aromatic carbocycles. The van der Waals surface area contributed by atoms with Crippen LogP contribution in [0.4, 0.5) is 0 Å². The third-order valence-electron chi connectivity index (χ3n) is 3.22. The van der Waals surface area contributed by atoms with Crippen molar-refractivity contribution in [1.82, 2.24) is 5.32 Å². The maximum absolute atomic E-state index is 11.9. The molecule has 0 aromatic heterocycles. The van der Waals surface area contributed by atoms with Gasteiger partial charge in [-0.05, 0) is 13.3 Å². The number of carbonyl (C=O) groups excluding carboxylic acids is 3. The zero-order valence-electron chi connectivity index (χ0n) is 12.8. The smallest absolute Gasteiger partial charge is 0.223 e. The molecule has 4 heteroatoms. The van der Waals surface area contributed by atoms with Crippen molar-refractivity contribution in [2.45, 2.75) is 66.3 Å². The maximum Gasteiger partial charge on any atom is 0.223 e. The molecule has 110 valence electrons. The van der Waals surface area contributed by atoms with Crippen LogP contribution < -0.4 is 5.32 Å². The molecule has 0 aliphatic heterocycles. The molecule has 0 saturated heterocycles. The molecule has 0 aromatic rings. The predicted octanol–water partition coefficient (Wildman–Crippen LogP) is 2.50. The molecule has 4 nitrogen and oxygen atoms in total. The summed E-state index contributed by atoms with van der Waals surface area (Å²) in [5.74, 6) is -0.522. The van der Waals surface area contributed by atoms with Gasteiger partial charge in [0, 0.05) is 24.7 Å². The number of carbonyl (C=O) groups is 3. The summed E-state index contributed by atoms with van der Waals surface area (Å²) >= 11 is 0. The fourth-order valence-electron chi connectivity index (χ4n) is 1.63. The second kappa shape index (κ2) is 8.83. The lowest BCUT2D eigenvalue weighted by atomic mass is 9.97. The number of nitrogens with one attached hydrogen (secondary N) is 1. The Bertz CT molecular complexity index is 323. The summed E-state index contributed by atoms with van der Waals surface area (Å²) in [5.41, 5.74) is 0. The van der Waals surface area contributed by atoms with Gasteiger partial charge < -0.3 is 5.32 Å². The number of Topliss-reactive ketones (excluding diaryl/α,β-unsaturated/α-hetero) is 2. The van der Waals surface area contributed by atoms with Gasteiger partial charge in [0.25, 0.3) is 0 Å². The first-order valence-electron chi connectivity index (χ1n) is 7.15. The van der Waals surface area contributed by atoms with Gasteiger partial charge in [-0.1, -0.05) is 34.1 Å². The first kappa shape index (κ1) is 17.8. The monoisotopic (exact) mass is 269 g/mol. The van der Waals surface area contributed by atoms with Gasteiger partial charge in [-0.3, -0.25) is 14.4 Å². The third kappa shape index (κ3) is 7.09. The quantitative estimate of drug-likeness (QED) is 0.699. The van der Waals surface area contributed by atoms with Crippen molar-refractivity contribution in [3.8, 4) is 0 Å². The van der Waals surface area contributed by atoms with Crippen molar-refractivity contribution < 1.29 is 14.4 Å². The van der Waals surface area contributed by atoms with Gasteiger partial charge in [0.15, 0.2) is 5.78 Å². The van der Waals surface area contributed by atoms with Gasteiger partial charge in [-0.25, -0.2) is 0 Å². The van der Waals surface area contributed by atoms with Gasteiger partial charge >= 0.3 is 0 Å². The van der Waals surface area contributed by atoms with Crippen molar-refractivity contribution in [3.63, 3.8) is 0 Å². The zero-order chi connectivity index (χ0) is 15.0. The second-order valence-corrected chi connectivity index (χ2v) is 5.53. The van der Waals surface area contributed by atoms with Crippen molar-refractivity contribution in [3.05, 3.63) is 0 Å². The second-order valence-electron chi connectivity index (χ2n) is 5.53. The van der Waals surface area contributed by atoms with Crippen LogP contribution in [0.5, 0.6) is 0 Å². The standard InChI is InChI=1S/C15H27NO3/c1-6-7-8-13(17)12(5)16-15(19)11(4)9-14(18)10(2)3/h10-12H,6-9H2,1-5H3,(H,16,19)/t11-,12+/m1/s1. The highest BCUT2D eigenvalue weighted by Gasteiger charge is 2.22. The summed E-state index contributed by atoms with van der Waals surface area (Å²) in [6, 6.07) is -0.462. The Morgan fingerprint density at radius 1 is 1.00 bits per heavy atom. The molecular formula is C15H27NO3. The van der Waals surface area contributed by atoms with Crippen molar-refractivity contribution in [2.24, 2.45) is 11.8 Å². The van der Waals surface area contributed by atoms with Gasteiger partial charge in [-0.2, -0.15) is 0 Å². The van der Waals surface area contributed by atoms with Crippen LogP contribution >= 0.6 is 0 Å². The number of ketones is 2. The van der Waals surface area contributed by atoms with Crippen molar-refractivity contribution in [1.29, 1.82) is 0 Å². The first-order valence-corrected chi connectivity index (χ1v) is 7.15. The van der Waals surface area contributed by atoms with Crippen molar-refractivity contribution in [2.75, 3.05) is 0 Å². The highest BCUT2D eigenvalue weighted by atomic mass is 16.2. The molecule has 0 unspecified atom stereocenters. The van der Waals surface area contributed by atoms with E-state index in [1.54, 1.807) is 13.8 Å². The minimum Gasteiger partial charge on any atom is -0.346 e. The van der Waals surface area contributed by atoms with Gasteiger partial charge in [0.2, 0.25) is 5.91 Å². The summed E-state index contributed by atoms with van der Waals surface area (Å²) in [4.78, 5) is 35.2. The third-order valence-corrected chi connectivity index (χ3v) is 3.22. The number of unbranched alkanes of at least 4 members (excludes halogenated alkanes) is 1. The van der Waals surface area contributed by atoms with Crippen LogP contribution in [-0.4, -0.2) is 23.5 Å². The minimum absolute atomic E-state index is 0.0533. The Labute approximate surface area is 116 Å². The minimum atomic E-state index is -0.462. The fourth-order valence-corrected chi connectivity index (χ4v) is 1.63. The number of hydrogen-bond acceptors (Lipinski definition) is 3. The highest BCUT2D eigenvalue weighted by Crippen LogP contribution is 2.09. The summed E-state index contributed by atoms with van der Waals surface area (Å²) < 4.78 is 0. The van der Waals surface area contributed by atoms with E-state index in [1.807, 2.05) is 20.8 Å². The largest absolute Gasteiger partial charge is 0.346 e. The van der Waals surface area contributed by atoms with E-state index in [0.29, 0.717) is 6.42 Å². The molecule has 0 fully saturated rings. The van der Waals surface area contributed by atoms with Crippen LogP contribution in [0.25, 0.3) is 0 Å². The summed E-state index contributed by atoms with van der Waals surface area (Å²) in [7, 11) is 0. The lowest BCUT2D eigenvalue weighted by molar-refractivity contribution is -0.132. The Hall–Kier alpha value is -1.19. The normalized spacial score (nSPS) is 14.0. The number of rotatable bonds is 9. The molecule has 0 radical (unpaired) electrons. The SMILES string of the molecule is CCCCC(=O)[C@H](C)NC(=O)[C@H](C)CC(=O)C(C)C. The van der Waals surface area contributed by atoms with Crippen LogP contribution in [0.2, 0.25) is 0 Å². The van der Waals surface area contributed by atoms with Gasteiger partial charge in [-0.15, -0.1) is 0 Å². The highest BCUT2D eigenvalue weighted by molar-refractivity contribution is 5.91. The molecule has 1 amide bonds. The number of amides is 1. The number of hydrogen-bond donors (Lipinski definition) is 1. The van der Waals surface area contributed by atoms with E-state index < -0.39 is 6.04 Å². The molecule has 0 aliphatic rings. The maximum atomic E-state index is 11.9. The Kier molecular flexibility index (Phi) is 8.28. The molecule has 0 bridgehead atoms. The van der Waals surface area contributed by atoms with E-state index in [0.717, 1.165) is 12.8 Å². The van der Waals surface area contributed by atoms with E-state index in [-0.39, 0.29) is 35.7 Å². The summed E-state index contributed by atoms with van der Waals surface area (Å²) in [5, 5.41) is 2.69. The van der Waals surface area contributed by atoms with Crippen LogP contribution in [0.3, 0.4) is 0 Å². The average Bonchev–Trinajstić information content (AvgIpc) is 2.35. The molecule has 0 spiro atoms. The molecule has 19 heavy (non-hydrogen) atoms. The molecule has 0 heterocycles. The average molecular weight is 269 g/mol. The van der Waals surface area contributed by atoms with Crippen LogP contribution in [0.15, 0.2) is 0 Å². The molecule has 0 saturated carbocycles. The molecule has 0 aliphatic carbocycles. The van der Waals surface area contributed by atoms with E-state index in [9.17, 15) is 14.4 Å². The lowest BCUT2D eigenvalue weighted by Gasteiger charge is -2.17. The lowest BCUT2D eigenvalue weighted by Crippen LogP contribution is -2.41. The molecular weight excluding hydrogens is 242 g/mol. The van der Waals surface area contributed by atoms with E-state index in [1.165, 1.54) is 0 Å². The van der Waals surface area contributed by atoms with Crippen LogP contribution in [0.1, 0.15) is 60.3 Å². The Morgan fingerprint density at radius 3 is 2.05 bits per heavy atom. The van der Waals surface area contributed by atoms with E-state index in [2.05, 4.69) is 5.32 Å². The van der Waals surface area contributed by atoms with Gasteiger partial charge in [0.1, 0.15) is 5.78 Å². The van der Waals surface area contributed by atoms with Crippen LogP contribution in [0, 0.1) is 11.8 Å². The molecule has 1 N–H and O–H groups in total. The Morgan fingerprint density at radius 2 is 1.58 bits per heavy atom. The fraction of sp³-hybridized carbons (Fsp3) is 0.800. The predicted molar refractivity (Wildman–Crippen MR) is 75.8 cm³/mol. The van der Waals surface area contributed by atoms with Gasteiger partial charge in [0.05, 0.1) is 6.04 Å². The topological polar surface area (TPSA) is 63.2 Å². The molecule has 0 rings (SSSR count). The van der Waals surface area contributed by atoms with E-state index >= 15 is 0 Å². The van der Waals surface area contributed by atoms with E-state index in [4.69, 9.17) is 0 Å². The summed E-state index contributed by atoms with van der Waals surface area (Å²) in [6.45, 7) is 9.09. The van der Waals surface area contributed by atoms with Crippen molar-refractivity contribution >= 4 is 17.5 Å². The summed E-state index contributed by atoms with van der Waals surface area (Å²) in [6.07, 6.45) is 2.54. The molecule has 2 atom stereocenters. The van der Waals surface area contributed by atoms with Crippen LogP contribution in [-0.2, 0) is 14.4 Å². The first-order chi connectivity index (χ1) is 8.79. The Balaban J connectivity index is 4.21. The zero-order valence-corrected chi connectivity index (χ0v) is 12.8.